The van der Waals surface area contributed by atoms with Gasteiger partial charge in [0.05, 0.1) is 42.6 Å². The van der Waals surface area contributed by atoms with Crippen LogP contribution < -0.4 is 23.9 Å². The summed E-state index contributed by atoms with van der Waals surface area (Å²) < 4.78 is 44.0. The number of carbonyl (C=O) groups excluding carboxylic acids is 1. The standard InChI is InChI=1S/C27H30ClN3O6S/c1-6-23(19-9-13-25(36-4)26(15-19)37-5)29-30-27(32)17-31(20-10-14-24(35-3)22(28)16-20)38(33,34)21-11-7-18(2)8-12-21/h7-16H,6,17H2,1-5H3,(H,30,32)/b29-23-. The second-order valence-corrected chi connectivity index (χ2v) is 10.4. The maximum atomic E-state index is 13.6. The maximum absolute atomic E-state index is 13.6. The van der Waals surface area contributed by atoms with Gasteiger partial charge in [-0.15, -0.1) is 0 Å². The van der Waals surface area contributed by atoms with Crippen molar-refractivity contribution >= 4 is 38.9 Å². The molecule has 3 aromatic rings. The number of hydrazone groups is 1. The fourth-order valence-electron chi connectivity index (χ4n) is 3.62. The quantitative estimate of drug-likeness (QED) is 0.267. The third-order valence-corrected chi connectivity index (χ3v) is 7.77. The van der Waals surface area contributed by atoms with Gasteiger partial charge in [0.25, 0.3) is 15.9 Å². The van der Waals surface area contributed by atoms with Gasteiger partial charge in [-0.25, -0.2) is 13.8 Å². The summed E-state index contributed by atoms with van der Waals surface area (Å²) >= 11 is 6.27. The third-order valence-electron chi connectivity index (χ3n) is 5.69. The fraction of sp³-hybridized carbons (Fsp3) is 0.259. The van der Waals surface area contributed by atoms with E-state index in [1.165, 1.54) is 44.6 Å². The number of halogens is 1. The van der Waals surface area contributed by atoms with Crippen LogP contribution in [0, 0.1) is 6.92 Å². The molecule has 0 aliphatic carbocycles. The summed E-state index contributed by atoms with van der Waals surface area (Å²) in [7, 11) is 0.403. The summed E-state index contributed by atoms with van der Waals surface area (Å²) in [6.45, 7) is 3.20. The molecular weight excluding hydrogens is 530 g/mol. The molecular formula is C27H30ClN3O6S. The number of aryl methyl sites for hydroxylation is 1. The number of ether oxygens (including phenoxy) is 3. The van der Waals surface area contributed by atoms with Gasteiger partial charge in [-0.2, -0.15) is 5.10 Å². The zero-order chi connectivity index (χ0) is 27.9. The van der Waals surface area contributed by atoms with Crippen molar-refractivity contribution < 1.29 is 27.4 Å². The van der Waals surface area contributed by atoms with Crippen LogP contribution in [0.5, 0.6) is 17.2 Å². The smallest absolute Gasteiger partial charge is 0.264 e. The molecule has 1 N–H and O–H groups in total. The molecule has 202 valence electrons. The molecule has 0 unspecified atom stereocenters. The van der Waals surface area contributed by atoms with Crippen LogP contribution in [0.2, 0.25) is 5.02 Å². The normalized spacial score (nSPS) is 11.6. The summed E-state index contributed by atoms with van der Waals surface area (Å²) in [5.41, 5.74) is 4.87. The lowest BCUT2D eigenvalue weighted by molar-refractivity contribution is -0.119. The van der Waals surface area contributed by atoms with Gasteiger partial charge in [0.2, 0.25) is 0 Å². The lowest BCUT2D eigenvalue weighted by atomic mass is 10.1. The van der Waals surface area contributed by atoms with E-state index in [0.717, 1.165) is 15.4 Å². The number of sulfonamides is 1. The van der Waals surface area contributed by atoms with E-state index in [4.69, 9.17) is 25.8 Å². The van der Waals surface area contributed by atoms with E-state index in [2.05, 4.69) is 10.5 Å². The molecule has 38 heavy (non-hydrogen) atoms. The number of nitrogens with zero attached hydrogens (tertiary/aromatic N) is 2. The van der Waals surface area contributed by atoms with Gasteiger partial charge in [-0.05, 0) is 61.9 Å². The molecule has 9 nitrogen and oxygen atoms in total. The fourth-order valence-corrected chi connectivity index (χ4v) is 5.29. The molecule has 0 aromatic heterocycles. The maximum Gasteiger partial charge on any atom is 0.264 e. The van der Waals surface area contributed by atoms with Crippen molar-refractivity contribution in [3.8, 4) is 17.2 Å². The average molecular weight is 560 g/mol. The van der Waals surface area contributed by atoms with Gasteiger partial charge in [0.15, 0.2) is 11.5 Å². The molecule has 0 aliphatic heterocycles. The number of rotatable bonds is 11. The van der Waals surface area contributed by atoms with Crippen LogP contribution in [-0.4, -0.2) is 47.9 Å². The Morgan fingerprint density at radius 2 is 1.55 bits per heavy atom. The number of benzene rings is 3. The van der Waals surface area contributed by atoms with Crippen LogP contribution in [0.3, 0.4) is 0 Å². The SMILES string of the molecule is CC/C(=N/NC(=O)CN(c1ccc(OC)c(Cl)c1)S(=O)(=O)c1ccc(C)cc1)c1ccc(OC)c(OC)c1. The van der Waals surface area contributed by atoms with E-state index in [0.29, 0.717) is 29.4 Å². The summed E-state index contributed by atoms with van der Waals surface area (Å²) in [6.07, 6.45) is 0.495. The van der Waals surface area contributed by atoms with Gasteiger partial charge < -0.3 is 14.2 Å². The van der Waals surface area contributed by atoms with Crippen LogP contribution in [0.1, 0.15) is 24.5 Å². The molecule has 0 bridgehead atoms. The Kier molecular flexibility index (Phi) is 9.60. The highest BCUT2D eigenvalue weighted by Crippen LogP contribution is 2.32. The lowest BCUT2D eigenvalue weighted by Crippen LogP contribution is -2.39. The van der Waals surface area contributed by atoms with Crippen LogP contribution in [-0.2, 0) is 14.8 Å². The van der Waals surface area contributed by atoms with E-state index in [-0.39, 0.29) is 15.6 Å². The van der Waals surface area contributed by atoms with Gasteiger partial charge in [-0.1, -0.05) is 36.2 Å². The molecule has 0 heterocycles. The number of anilines is 1. The summed E-state index contributed by atoms with van der Waals surface area (Å²) in [4.78, 5) is 13.0. The topological polar surface area (TPSA) is 107 Å². The first-order valence-corrected chi connectivity index (χ1v) is 13.5. The number of hydrogen-bond donors (Lipinski definition) is 1. The molecule has 11 heteroatoms. The summed E-state index contributed by atoms with van der Waals surface area (Å²) in [5, 5.41) is 4.46. The molecule has 1 amide bonds. The predicted octanol–water partition coefficient (Wildman–Crippen LogP) is 4.80. The van der Waals surface area contributed by atoms with E-state index < -0.39 is 22.5 Å². The Morgan fingerprint density at radius 3 is 2.13 bits per heavy atom. The highest BCUT2D eigenvalue weighted by Gasteiger charge is 2.28. The van der Waals surface area contributed by atoms with E-state index in [9.17, 15) is 13.2 Å². The first-order chi connectivity index (χ1) is 18.1. The Labute approximate surface area is 228 Å². The van der Waals surface area contributed by atoms with E-state index in [1.54, 1.807) is 37.4 Å². The van der Waals surface area contributed by atoms with Crippen molar-refractivity contribution in [3.05, 3.63) is 76.8 Å². The number of methoxy groups -OCH3 is 3. The Bertz CT molecular complexity index is 1430. The van der Waals surface area contributed by atoms with Crippen molar-refractivity contribution in [2.45, 2.75) is 25.2 Å². The van der Waals surface area contributed by atoms with Crippen molar-refractivity contribution in [2.24, 2.45) is 5.10 Å². The zero-order valence-electron chi connectivity index (χ0n) is 21.8. The van der Waals surface area contributed by atoms with Crippen molar-refractivity contribution in [1.29, 1.82) is 0 Å². The summed E-state index contributed by atoms with van der Waals surface area (Å²) in [6, 6.07) is 16.1. The molecule has 0 atom stereocenters. The van der Waals surface area contributed by atoms with Crippen LogP contribution in [0.15, 0.2) is 70.7 Å². The minimum atomic E-state index is -4.12. The second kappa shape index (κ2) is 12.7. The van der Waals surface area contributed by atoms with Crippen molar-refractivity contribution in [1.82, 2.24) is 5.43 Å². The molecule has 0 saturated heterocycles. The first-order valence-electron chi connectivity index (χ1n) is 11.6. The number of amides is 1. The summed E-state index contributed by atoms with van der Waals surface area (Å²) in [5.74, 6) is 0.814. The third kappa shape index (κ3) is 6.56. The second-order valence-electron chi connectivity index (χ2n) is 8.16. The molecule has 3 aromatic carbocycles. The van der Waals surface area contributed by atoms with Gasteiger partial charge >= 0.3 is 0 Å². The van der Waals surface area contributed by atoms with Gasteiger partial charge in [0.1, 0.15) is 12.3 Å². The van der Waals surface area contributed by atoms with Crippen LogP contribution >= 0.6 is 11.6 Å². The predicted molar refractivity (Wildman–Crippen MR) is 148 cm³/mol. The largest absolute Gasteiger partial charge is 0.495 e. The average Bonchev–Trinajstić information content (AvgIpc) is 2.92. The van der Waals surface area contributed by atoms with E-state index >= 15 is 0 Å². The highest BCUT2D eigenvalue weighted by atomic mass is 35.5. The zero-order valence-corrected chi connectivity index (χ0v) is 23.4. The number of hydrogen-bond acceptors (Lipinski definition) is 7. The molecule has 3 rings (SSSR count). The molecule has 0 fully saturated rings. The molecule has 0 radical (unpaired) electrons. The molecule has 0 spiro atoms. The van der Waals surface area contributed by atoms with Gasteiger partial charge in [0, 0.05) is 5.56 Å². The lowest BCUT2D eigenvalue weighted by Gasteiger charge is -2.24. The highest BCUT2D eigenvalue weighted by molar-refractivity contribution is 7.92. The minimum absolute atomic E-state index is 0.0333. The van der Waals surface area contributed by atoms with Crippen molar-refractivity contribution in [3.63, 3.8) is 0 Å². The Morgan fingerprint density at radius 1 is 0.921 bits per heavy atom. The number of carbonyl (C=O) groups is 1. The Hall–Kier alpha value is -3.76. The van der Waals surface area contributed by atoms with E-state index in [1.807, 2.05) is 13.8 Å². The number of nitrogens with one attached hydrogen (secondary N) is 1. The van der Waals surface area contributed by atoms with Crippen LogP contribution in [0.4, 0.5) is 5.69 Å². The molecule has 0 aliphatic rings. The molecule has 0 saturated carbocycles. The Balaban J connectivity index is 1.93. The first kappa shape index (κ1) is 28.8. The van der Waals surface area contributed by atoms with Gasteiger partial charge in [-0.3, -0.25) is 9.10 Å². The van der Waals surface area contributed by atoms with Crippen LogP contribution in [0.25, 0.3) is 0 Å². The van der Waals surface area contributed by atoms with Crippen molar-refractivity contribution in [2.75, 3.05) is 32.2 Å². The monoisotopic (exact) mass is 559 g/mol. The minimum Gasteiger partial charge on any atom is -0.495 e.